The Hall–Kier alpha value is -1.82. The van der Waals surface area contributed by atoms with Gasteiger partial charge in [0.2, 0.25) is 5.95 Å². The van der Waals surface area contributed by atoms with Crippen LogP contribution in [0.5, 0.6) is 0 Å². The number of anilines is 1. The molecule has 6 nitrogen and oxygen atoms in total. The SMILES string of the molecule is O=[N+]([O-])c1ccc(Cl)c2nc3n(c12)CCCN3. The molecule has 0 amide bonds. The highest BCUT2D eigenvalue weighted by molar-refractivity contribution is 6.35. The van der Waals surface area contributed by atoms with Crippen LogP contribution in [0.2, 0.25) is 5.02 Å². The fourth-order valence-electron chi connectivity index (χ4n) is 2.13. The quantitative estimate of drug-likeness (QED) is 0.625. The van der Waals surface area contributed by atoms with Crippen molar-refractivity contribution >= 4 is 34.3 Å². The normalized spacial score (nSPS) is 14.4. The molecule has 17 heavy (non-hydrogen) atoms. The molecule has 0 unspecified atom stereocenters. The van der Waals surface area contributed by atoms with Gasteiger partial charge in [0.15, 0.2) is 5.52 Å². The zero-order chi connectivity index (χ0) is 12.0. The average Bonchev–Trinajstić information content (AvgIpc) is 2.69. The lowest BCUT2D eigenvalue weighted by molar-refractivity contribution is -0.383. The number of hydrogen-bond donors (Lipinski definition) is 1. The summed E-state index contributed by atoms with van der Waals surface area (Å²) in [6.45, 7) is 1.55. The predicted molar refractivity (Wildman–Crippen MR) is 64.5 cm³/mol. The second-order valence-corrected chi connectivity index (χ2v) is 4.30. The van der Waals surface area contributed by atoms with Crippen molar-refractivity contribution in [1.82, 2.24) is 9.55 Å². The standard InChI is InChI=1S/C10H9ClN4O2/c11-6-2-3-7(15(16)17)9-8(6)13-10-12-4-1-5-14(9)10/h2-3H,1,4-5H2,(H,12,13). The van der Waals surface area contributed by atoms with Gasteiger partial charge in [-0.15, -0.1) is 0 Å². The number of nitrogens with zero attached hydrogens (tertiary/aromatic N) is 3. The van der Waals surface area contributed by atoms with Crippen LogP contribution in [-0.2, 0) is 6.54 Å². The monoisotopic (exact) mass is 252 g/mol. The summed E-state index contributed by atoms with van der Waals surface area (Å²) in [6.07, 6.45) is 0.919. The van der Waals surface area contributed by atoms with Crippen molar-refractivity contribution in [1.29, 1.82) is 0 Å². The highest BCUT2D eigenvalue weighted by atomic mass is 35.5. The molecule has 0 saturated heterocycles. The minimum atomic E-state index is -0.401. The molecule has 2 heterocycles. The van der Waals surface area contributed by atoms with Crippen molar-refractivity contribution in [2.75, 3.05) is 11.9 Å². The molecule has 1 aliphatic heterocycles. The molecule has 1 aromatic heterocycles. The van der Waals surface area contributed by atoms with Gasteiger partial charge < -0.3 is 9.88 Å². The predicted octanol–water partition coefficient (Wildman–Crippen LogP) is 2.41. The Bertz CT molecular complexity index is 622. The van der Waals surface area contributed by atoms with Crippen molar-refractivity contribution in [2.24, 2.45) is 0 Å². The van der Waals surface area contributed by atoms with Crippen LogP contribution in [0.15, 0.2) is 12.1 Å². The Morgan fingerprint density at radius 2 is 2.35 bits per heavy atom. The smallest absolute Gasteiger partial charge is 0.295 e. The van der Waals surface area contributed by atoms with Crippen LogP contribution in [0.25, 0.3) is 11.0 Å². The maximum atomic E-state index is 11.0. The molecule has 0 saturated carbocycles. The van der Waals surface area contributed by atoms with Crippen LogP contribution in [0, 0.1) is 10.1 Å². The first kappa shape index (κ1) is 10.3. The second-order valence-electron chi connectivity index (χ2n) is 3.89. The van der Waals surface area contributed by atoms with Crippen LogP contribution in [0.3, 0.4) is 0 Å². The molecule has 2 aromatic rings. The molecule has 1 aromatic carbocycles. The van der Waals surface area contributed by atoms with Gasteiger partial charge in [-0.2, -0.15) is 0 Å². The summed E-state index contributed by atoms with van der Waals surface area (Å²) in [5, 5.41) is 14.6. The van der Waals surface area contributed by atoms with Crippen LogP contribution in [0.1, 0.15) is 6.42 Å². The third kappa shape index (κ3) is 1.44. The van der Waals surface area contributed by atoms with E-state index in [1.807, 2.05) is 4.57 Å². The van der Waals surface area contributed by atoms with E-state index in [1.54, 1.807) is 0 Å². The molecule has 0 bridgehead atoms. The van der Waals surface area contributed by atoms with Crippen LogP contribution in [0.4, 0.5) is 11.6 Å². The Morgan fingerprint density at radius 3 is 3.12 bits per heavy atom. The number of rotatable bonds is 1. The Labute approximate surface area is 101 Å². The van der Waals surface area contributed by atoms with Gasteiger partial charge >= 0.3 is 0 Å². The molecule has 0 spiro atoms. The van der Waals surface area contributed by atoms with E-state index in [9.17, 15) is 10.1 Å². The lowest BCUT2D eigenvalue weighted by Crippen LogP contribution is -2.17. The number of non-ortho nitro benzene ring substituents is 1. The summed E-state index contributed by atoms with van der Waals surface area (Å²) < 4.78 is 1.82. The maximum absolute atomic E-state index is 11.0. The minimum Gasteiger partial charge on any atom is -0.356 e. The third-order valence-corrected chi connectivity index (χ3v) is 3.17. The van der Waals surface area contributed by atoms with E-state index in [-0.39, 0.29) is 5.69 Å². The third-order valence-electron chi connectivity index (χ3n) is 2.86. The van der Waals surface area contributed by atoms with Crippen molar-refractivity contribution in [3.63, 3.8) is 0 Å². The largest absolute Gasteiger partial charge is 0.356 e. The zero-order valence-electron chi connectivity index (χ0n) is 8.81. The van der Waals surface area contributed by atoms with Gasteiger partial charge in [-0.1, -0.05) is 11.6 Å². The summed E-state index contributed by atoms with van der Waals surface area (Å²) in [5.74, 6) is 0.655. The van der Waals surface area contributed by atoms with E-state index >= 15 is 0 Å². The Kier molecular flexibility index (Phi) is 2.19. The number of hydrogen-bond acceptors (Lipinski definition) is 4. The first-order valence-corrected chi connectivity index (χ1v) is 5.63. The van der Waals surface area contributed by atoms with E-state index in [1.165, 1.54) is 12.1 Å². The Balaban J connectivity index is 2.41. The number of halogens is 1. The van der Waals surface area contributed by atoms with Crippen molar-refractivity contribution in [3.8, 4) is 0 Å². The van der Waals surface area contributed by atoms with Gasteiger partial charge in [0.05, 0.1) is 9.95 Å². The maximum Gasteiger partial charge on any atom is 0.295 e. The zero-order valence-corrected chi connectivity index (χ0v) is 9.57. The van der Waals surface area contributed by atoms with Crippen molar-refractivity contribution in [3.05, 3.63) is 27.3 Å². The van der Waals surface area contributed by atoms with E-state index < -0.39 is 4.92 Å². The molecule has 1 N–H and O–H groups in total. The van der Waals surface area contributed by atoms with Crippen LogP contribution < -0.4 is 5.32 Å². The van der Waals surface area contributed by atoms with Gasteiger partial charge in [0, 0.05) is 19.2 Å². The van der Waals surface area contributed by atoms with E-state index in [0.717, 1.165) is 19.5 Å². The number of aromatic nitrogens is 2. The molecule has 1 aliphatic rings. The number of nitro benzene ring substituents is 1. The number of aryl methyl sites for hydroxylation is 1. The summed E-state index contributed by atoms with van der Waals surface area (Å²) in [7, 11) is 0. The molecule has 0 radical (unpaired) electrons. The first-order valence-electron chi connectivity index (χ1n) is 5.25. The lowest BCUT2D eigenvalue weighted by Gasteiger charge is -2.15. The summed E-state index contributed by atoms with van der Waals surface area (Å²) in [6, 6.07) is 2.94. The van der Waals surface area contributed by atoms with Gasteiger partial charge in [-0.3, -0.25) is 10.1 Å². The molecule has 7 heteroatoms. The molecule has 3 rings (SSSR count). The van der Waals surface area contributed by atoms with Gasteiger partial charge in [-0.05, 0) is 12.5 Å². The molecule has 0 aliphatic carbocycles. The number of nitrogens with one attached hydrogen (secondary N) is 1. The van der Waals surface area contributed by atoms with Gasteiger partial charge in [-0.25, -0.2) is 4.98 Å². The van der Waals surface area contributed by atoms with Gasteiger partial charge in [0.1, 0.15) is 5.52 Å². The highest BCUT2D eigenvalue weighted by Gasteiger charge is 2.23. The number of fused-ring (bicyclic) bond motifs is 3. The average molecular weight is 253 g/mol. The van der Waals surface area contributed by atoms with E-state index in [0.29, 0.717) is 22.0 Å². The van der Waals surface area contributed by atoms with Crippen LogP contribution >= 0.6 is 11.6 Å². The van der Waals surface area contributed by atoms with Crippen molar-refractivity contribution < 1.29 is 4.92 Å². The number of imidazole rings is 1. The number of nitro groups is 1. The topological polar surface area (TPSA) is 73.0 Å². The fraction of sp³-hybridized carbons (Fsp3) is 0.300. The molecule has 88 valence electrons. The minimum absolute atomic E-state index is 0.0480. The summed E-state index contributed by atoms with van der Waals surface area (Å²) in [5.41, 5.74) is 1.04. The summed E-state index contributed by atoms with van der Waals surface area (Å²) >= 11 is 6.03. The molecule has 0 fully saturated rings. The van der Waals surface area contributed by atoms with E-state index in [4.69, 9.17) is 11.6 Å². The summed E-state index contributed by atoms with van der Waals surface area (Å²) in [4.78, 5) is 14.9. The first-order chi connectivity index (χ1) is 8.18. The van der Waals surface area contributed by atoms with Crippen LogP contribution in [-0.4, -0.2) is 21.0 Å². The van der Waals surface area contributed by atoms with E-state index in [2.05, 4.69) is 10.3 Å². The molecule has 0 atom stereocenters. The lowest BCUT2D eigenvalue weighted by atomic mass is 10.2. The number of benzene rings is 1. The Morgan fingerprint density at radius 1 is 1.53 bits per heavy atom. The highest BCUT2D eigenvalue weighted by Crippen LogP contribution is 2.34. The molecular weight excluding hydrogens is 244 g/mol. The fourth-order valence-corrected chi connectivity index (χ4v) is 2.32. The molecular formula is C10H9ClN4O2. The van der Waals surface area contributed by atoms with Gasteiger partial charge in [0.25, 0.3) is 5.69 Å². The van der Waals surface area contributed by atoms with Crippen molar-refractivity contribution in [2.45, 2.75) is 13.0 Å². The second kappa shape index (κ2) is 3.59.